The van der Waals surface area contributed by atoms with Gasteiger partial charge in [-0.25, -0.2) is 0 Å². The number of hydrogen-bond acceptors (Lipinski definition) is 2. The van der Waals surface area contributed by atoms with E-state index in [9.17, 15) is 0 Å². The molecule has 0 heterocycles. The standard InChI is InChI=1S/C7H15N.C2H6O/c1-6-4-3-5-7(6)8-2;1-2-3/h6-8H,3-5H2,1-2H3;3H,2H2,1H3. The number of rotatable bonds is 1. The maximum absolute atomic E-state index is 7.57. The Bertz CT molecular complexity index is 85.6. The van der Waals surface area contributed by atoms with Gasteiger partial charge in [-0.05, 0) is 32.7 Å². The van der Waals surface area contributed by atoms with Crippen molar-refractivity contribution in [3.8, 4) is 0 Å². The summed E-state index contributed by atoms with van der Waals surface area (Å²) in [6.45, 7) is 4.26. The van der Waals surface area contributed by atoms with Crippen molar-refractivity contribution in [2.45, 2.75) is 39.2 Å². The van der Waals surface area contributed by atoms with Crippen LogP contribution in [0, 0.1) is 5.92 Å². The van der Waals surface area contributed by atoms with Gasteiger partial charge in [0, 0.05) is 12.6 Å². The van der Waals surface area contributed by atoms with E-state index in [1.54, 1.807) is 6.92 Å². The Balaban J connectivity index is 0.000000292. The molecular formula is C9H21NO. The third-order valence-electron chi connectivity index (χ3n) is 2.23. The van der Waals surface area contributed by atoms with Gasteiger partial charge in [0.25, 0.3) is 0 Å². The van der Waals surface area contributed by atoms with E-state index < -0.39 is 0 Å². The summed E-state index contributed by atoms with van der Waals surface area (Å²) in [6, 6.07) is 0.815. The molecule has 68 valence electrons. The Labute approximate surface area is 70.0 Å². The average Bonchev–Trinajstić information content (AvgIpc) is 2.36. The lowest BCUT2D eigenvalue weighted by molar-refractivity contribution is 0.318. The Morgan fingerprint density at radius 2 is 2.00 bits per heavy atom. The van der Waals surface area contributed by atoms with Crippen LogP contribution in [0.5, 0.6) is 0 Å². The molecule has 0 aromatic heterocycles. The molecule has 2 unspecified atom stereocenters. The highest BCUT2D eigenvalue weighted by Gasteiger charge is 2.20. The van der Waals surface area contributed by atoms with Crippen molar-refractivity contribution in [1.29, 1.82) is 0 Å². The Kier molecular flexibility index (Phi) is 6.57. The van der Waals surface area contributed by atoms with E-state index in [4.69, 9.17) is 5.11 Å². The third-order valence-corrected chi connectivity index (χ3v) is 2.23. The van der Waals surface area contributed by atoms with Crippen molar-refractivity contribution in [2.75, 3.05) is 13.7 Å². The van der Waals surface area contributed by atoms with Crippen molar-refractivity contribution in [3.63, 3.8) is 0 Å². The zero-order chi connectivity index (χ0) is 8.69. The molecule has 0 radical (unpaired) electrons. The molecule has 2 N–H and O–H groups in total. The monoisotopic (exact) mass is 159 g/mol. The van der Waals surface area contributed by atoms with Crippen molar-refractivity contribution < 1.29 is 5.11 Å². The van der Waals surface area contributed by atoms with Gasteiger partial charge in [0.2, 0.25) is 0 Å². The minimum atomic E-state index is 0.250. The highest BCUT2D eigenvalue weighted by molar-refractivity contribution is 4.78. The molecule has 2 atom stereocenters. The lowest BCUT2D eigenvalue weighted by Gasteiger charge is -2.12. The van der Waals surface area contributed by atoms with Gasteiger partial charge in [-0.15, -0.1) is 0 Å². The van der Waals surface area contributed by atoms with Crippen molar-refractivity contribution in [2.24, 2.45) is 5.92 Å². The van der Waals surface area contributed by atoms with Gasteiger partial charge in [-0.1, -0.05) is 13.3 Å². The summed E-state index contributed by atoms with van der Waals surface area (Å²) in [4.78, 5) is 0. The van der Waals surface area contributed by atoms with Crippen molar-refractivity contribution in [3.05, 3.63) is 0 Å². The fraction of sp³-hybridized carbons (Fsp3) is 1.00. The molecule has 2 heteroatoms. The fourth-order valence-corrected chi connectivity index (χ4v) is 1.57. The highest BCUT2D eigenvalue weighted by atomic mass is 16.2. The van der Waals surface area contributed by atoms with Crippen LogP contribution >= 0.6 is 0 Å². The topological polar surface area (TPSA) is 32.3 Å². The molecule has 0 aromatic carbocycles. The lowest BCUT2D eigenvalue weighted by Crippen LogP contribution is -2.26. The van der Waals surface area contributed by atoms with Crippen LogP contribution in [0.4, 0.5) is 0 Å². The fourth-order valence-electron chi connectivity index (χ4n) is 1.57. The molecule has 1 rings (SSSR count). The third kappa shape index (κ3) is 4.38. The zero-order valence-electron chi connectivity index (χ0n) is 7.93. The minimum absolute atomic E-state index is 0.250. The lowest BCUT2D eigenvalue weighted by atomic mass is 10.1. The molecule has 2 nitrogen and oxygen atoms in total. The van der Waals surface area contributed by atoms with Crippen LogP contribution in [0.3, 0.4) is 0 Å². The molecule has 1 aliphatic carbocycles. The number of aliphatic hydroxyl groups excluding tert-OH is 1. The second-order valence-corrected chi connectivity index (χ2v) is 3.12. The first-order valence-corrected chi connectivity index (χ1v) is 4.54. The first kappa shape index (κ1) is 10.9. The Morgan fingerprint density at radius 1 is 1.45 bits per heavy atom. The molecule has 11 heavy (non-hydrogen) atoms. The smallest absolute Gasteiger partial charge is 0.0402 e. The normalized spacial score (nSPS) is 29.5. The van der Waals surface area contributed by atoms with E-state index in [1.807, 2.05) is 0 Å². The molecule has 1 saturated carbocycles. The van der Waals surface area contributed by atoms with Crippen molar-refractivity contribution in [1.82, 2.24) is 5.32 Å². The van der Waals surface area contributed by atoms with Gasteiger partial charge in [-0.2, -0.15) is 0 Å². The van der Waals surface area contributed by atoms with E-state index in [0.717, 1.165) is 12.0 Å². The van der Waals surface area contributed by atoms with Crippen LogP contribution < -0.4 is 5.32 Å². The van der Waals surface area contributed by atoms with E-state index in [-0.39, 0.29) is 6.61 Å². The molecule has 0 bridgehead atoms. The van der Waals surface area contributed by atoms with E-state index in [2.05, 4.69) is 19.3 Å². The van der Waals surface area contributed by atoms with Gasteiger partial charge in [-0.3, -0.25) is 0 Å². The molecule has 0 aliphatic heterocycles. The van der Waals surface area contributed by atoms with Gasteiger partial charge < -0.3 is 10.4 Å². The zero-order valence-corrected chi connectivity index (χ0v) is 7.93. The van der Waals surface area contributed by atoms with Crippen LogP contribution in [-0.4, -0.2) is 24.8 Å². The summed E-state index contributed by atoms with van der Waals surface area (Å²) in [5, 5.41) is 10.9. The maximum Gasteiger partial charge on any atom is 0.0402 e. The Morgan fingerprint density at radius 3 is 2.18 bits per heavy atom. The largest absolute Gasteiger partial charge is 0.397 e. The average molecular weight is 159 g/mol. The van der Waals surface area contributed by atoms with Crippen LogP contribution in [0.2, 0.25) is 0 Å². The van der Waals surface area contributed by atoms with E-state index in [0.29, 0.717) is 0 Å². The molecule has 1 aliphatic rings. The predicted molar refractivity (Wildman–Crippen MR) is 48.6 cm³/mol. The number of nitrogens with one attached hydrogen (secondary N) is 1. The Hall–Kier alpha value is -0.0800. The predicted octanol–water partition coefficient (Wildman–Crippen LogP) is 1.39. The quantitative estimate of drug-likeness (QED) is 0.606. The second-order valence-electron chi connectivity index (χ2n) is 3.12. The van der Waals surface area contributed by atoms with Crippen molar-refractivity contribution >= 4 is 0 Å². The van der Waals surface area contributed by atoms with Crippen LogP contribution in [0.15, 0.2) is 0 Å². The van der Waals surface area contributed by atoms with Gasteiger partial charge in [0.1, 0.15) is 0 Å². The second kappa shape index (κ2) is 6.62. The highest BCUT2D eigenvalue weighted by Crippen LogP contribution is 2.23. The van der Waals surface area contributed by atoms with Gasteiger partial charge >= 0.3 is 0 Å². The molecule has 1 fully saturated rings. The molecule has 0 amide bonds. The summed E-state index contributed by atoms with van der Waals surface area (Å²) in [6.07, 6.45) is 4.23. The van der Waals surface area contributed by atoms with Crippen LogP contribution in [0.25, 0.3) is 0 Å². The SMILES string of the molecule is CCO.CNC1CCCC1C. The first-order chi connectivity index (χ1) is 5.26. The van der Waals surface area contributed by atoms with Gasteiger partial charge in [0.15, 0.2) is 0 Å². The molecule has 0 aromatic rings. The molecule has 0 saturated heterocycles. The first-order valence-electron chi connectivity index (χ1n) is 4.54. The van der Waals surface area contributed by atoms with Gasteiger partial charge in [0.05, 0.1) is 0 Å². The summed E-state index contributed by atoms with van der Waals surface area (Å²) in [5.74, 6) is 0.917. The molecule has 0 spiro atoms. The maximum atomic E-state index is 7.57. The van der Waals surface area contributed by atoms with Crippen LogP contribution in [-0.2, 0) is 0 Å². The number of hydrogen-bond donors (Lipinski definition) is 2. The van der Waals surface area contributed by atoms with E-state index in [1.165, 1.54) is 19.3 Å². The summed E-state index contributed by atoms with van der Waals surface area (Å²) in [7, 11) is 2.06. The molecular weight excluding hydrogens is 138 g/mol. The summed E-state index contributed by atoms with van der Waals surface area (Å²) in [5.41, 5.74) is 0. The van der Waals surface area contributed by atoms with Crippen LogP contribution in [0.1, 0.15) is 33.1 Å². The summed E-state index contributed by atoms with van der Waals surface area (Å²) >= 11 is 0. The summed E-state index contributed by atoms with van der Waals surface area (Å²) < 4.78 is 0. The number of aliphatic hydroxyl groups is 1. The minimum Gasteiger partial charge on any atom is -0.397 e. The van der Waals surface area contributed by atoms with E-state index >= 15 is 0 Å².